The number of benzene rings is 1. The molecule has 3 aliphatic heterocycles. The highest BCUT2D eigenvalue weighted by Gasteiger charge is 2.39. The van der Waals surface area contributed by atoms with Crippen molar-refractivity contribution >= 4 is 23.1 Å². The number of carbonyl (C=O) groups is 1. The molecule has 3 saturated heterocycles. The maximum absolute atomic E-state index is 12.3. The number of piperidine rings is 1. The van der Waals surface area contributed by atoms with Crippen LogP contribution in [0.25, 0.3) is 5.65 Å². The van der Waals surface area contributed by atoms with E-state index in [2.05, 4.69) is 54.3 Å². The zero-order valence-corrected chi connectivity index (χ0v) is 21.2. The van der Waals surface area contributed by atoms with Gasteiger partial charge in [-0.2, -0.15) is 4.52 Å². The second-order valence-electron chi connectivity index (χ2n) is 10.2. The van der Waals surface area contributed by atoms with Gasteiger partial charge in [-0.1, -0.05) is 17.2 Å². The van der Waals surface area contributed by atoms with Crippen LogP contribution >= 0.6 is 0 Å². The fourth-order valence-corrected chi connectivity index (χ4v) is 5.86. The summed E-state index contributed by atoms with van der Waals surface area (Å²) >= 11 is 0. The number of hydrogen-bond donors (Lipinski definition) is 0. The Kier molecular flexibility index (Phi) is 5.91. The van der Waals surface area contributed by atoms with Gasteiger partial charge in [0.1, 0.15) is 5.82 Å². The highest BCUT2D eigenvalue weighted by molar-refractivity contribution is 5.82. The average Bonchev–Trinajstić information content (AvgIpc) is 3.31. The maximum atomic E-state index is 12.3. The summed E-state index contributed by atoms with van der Waals surface area (Å²) in [5.41, 5.74) is 3.38. The predicted octanol–water partition coefficient (Wildman–Crippen LogP) is 1.87. The first kappa shape index (κ1) is 23.0. The van der Waals surface area contributed by atoms with Gasteiger partial charge in [0, 0.05) is 58.0 Å². The second kappa shape index (κ2) is 9.24. The van der Waals surface area contributed by atoms with Gasteiger partial charge in [-0.25, -0.2) is 0 Å². The van der Waals surface area contributed by atoms with E-state index in [0.29, 0.717) is 23.6 Å². The van der Waals surface area contributed by atoms with Crippen molar-refractivity contribution in [3.05, 3.63) is 42.0 Å². The molecule has 3 aliphatic rings. The molecular weight excluding hydrogens is 456 g/mol. The number of carbonyl (C=O) groups excluding carboxylic acids is 1. The van der Waals surface area contributed by atoms with Crippen molar-refractivity contribution in [1.29, 1.82) is 0 Å². The summed E-state index contributed by atoms with van der Waals surface area (Å²) in [5, 5.41) is 12.8. The number of piperazine rings is 1. The van der Waals surface area contributed by atoms with Gasteiger partial charge < -0.3 is 19.4 Å². The van der Waals surface area contributed by atoms with Crippen molar-refractivity contribution in [3.8, 4) is 6.01 Å². The maximum Gasteiger partial charge on any atom is 0.338 e. The van der Waals surface area contributed by atoms with Crippen molar-refractivity contribution < 1.29 is 9.53 Å². The molecule has 1 atom stereocenters. The molecule has 0 radical (unpaired) electrons. The Balaban J connectivity index is 1.03. The molecule has 1 amide bonds. The molecule has 0 saturated carbocycles. The smallest absolute Gasteiger partial charge is 0.338 e. The Bertz CT molecular complexity index is 1230. The van der Waals surface area contributed by atoms with E-state index in [9.17, 15) is 4.79 Å². The van der Waals surface area contributed by atoms with Gasteiger partial charge in [0.05, 0.1) is 13.2 Å². The Hall–Kier alpha value is -3.40. The van der Waals surface area contributed by atoms with Crippen molar-refractivity contribution in [3.63, 3.8) is 0 Å². The van der Waals surface area contributed by atoms with Gasteiger partial charge >= 0.3 is 6.01 Å². The van der Waals surface area contributed by atoms with Gasteiger partial charge in [-0.15, -0.1) is 10.2 Å². The average molecular weight is 491 g/mol. The molecular formula is C26H34N8O2. The number of hydrogen-bond acceptors (Lipinski definition) is 8. The van der Waals surface area contributed by atoms with Crippen LogP contribution in [-0.2, 0) is 4.79 Å². The number of aromatic nitrogens is 4. The summed E-state index contributed by atoms with van der Waals surface area (Å²) in [5.74, 6) is 1.73. The van der Waals surface area contributed by atoms with Gasteiger partial charge in [-0.3, -0.25) is 9.69 Å². The number of anilines is 2. The van der Waals surface area contributed by atoms with E-state index in [4.69, 9.17) is 4.74 Å². The lowest BCUT2D eigenvalue weighted by molar-refractivity contribution is -0.141. The fourth-order valence-electron chi connectivity index (χ4n) is 5.86. The van der Waals surface area contributed by atoms with E-state index in [1.165, 1.54) is 11.3 Å². The highest BCUT2D eigenvalue weighted by Crippen LogP contribution is 2.33. The molecule has 3 aromatic rings. The minimum atomic E-state index is -0.0140. The van der Waals surface area contributed by atoms with E-state index in [-0.39, 0.29) is 11.9 Å². The summed E-state index contributed by atoms with van der Waals surface area (Å²) in [6.45, 7) is 7.75. The third-order valence-corrected chi connectivity index (χ3v) is 8.21. The monoisotopic (exact) mass is 490 g/mol. The molecule has 1 aromatic carbocycles. The second-order valence-corrected chi connectivity index (χ2v) is 10.2. The summed E-state index contributed by atoms with van der Waals surface area (Å²) in [4.78, 5) is 21.3. The summed E-state index contributed by atoms with van der Waals surface area (Å²) in [6.07, 6.45) is 2.19. The molecule has 10 heteroatoms. The summed E-state index contributed by atoms with van der Waals surface area (Å²) in [7, 11) is 3.49. The first-order chi connectivity index (χ1) is 17.5. The lowest BCUT2D eigenvalue weighted by Gasteiger charge is -2.50. The number of fused-ring (bicyclic) bond motifs is 1. The molecule has 2 aromatic heterocycles. The number of amides is 1. The predicted molar refractivity (Wildman–Crippen MR) is 138 cm³/mol. The number of methoxy groups -OCH3 is 1. The van der Waals surface area contributed by atoms with Crippen molar-refractivity contribution in [1.82, 2.24) is 29.6 Å². The van der Waals surface area contributed by atoms with E-state index in [1.807, 2.05) is 31.0 Å². The minimum absolute atomic E-state index is 0.0140. The van der Waals surface area contributed by atoms with Crippen LogP contribution in [0.1, 0.15) is 31.2 Å². The summed E-state index contributed by atoms with van der Waals surface area (Å²) < 4.78 is 6.92. The van der Waals surface area contributed by atoms with Crippen LogP contribution in [0, 0.1) is 0 Å². The molecule has 190 valence electrons. The fraction of sp³-hybridized carbons (Fsp3) is 0.538. The zero-order chi connectivity index (χ0) is 24.8. The van der Waals surface area contributed by atoms with Crippen LogP contribution in [0.5, 0.6) is 6.01 Å². The summed E-state index contributed by atoms with van der Waals surface area (Å²) in [6, 6.07) is 13.9. The van der Waals surface area contributed by atoms with Gasteiger partial charge in [-0.05, 0) is 55.5 Å². The standard InChI is InChI=1S/C26H34N8O2/c1-18-25(35)30(2)14-15-33(18)22-16-32(17-22)21-6-4-19(5-7-21)20-10-12-31(13-11-20)24-9-8-23-27-28-26(36-3)34(23)29-24/h4-9,18,20,22H,10-17H2,1-3H3/t18-/m1/s1. The minimum Gasteiger partial charge on any atom is -0.466 e. The molecule has 5 heterocycles. The van der Waals surface area contributed by atoms with E-state index in [1.54, 1.807) is 11.6 Å². The van der Waals surface area contributed by atoms with Crippen LogP contribution in [0.15, 0.2) is 36.4 Å². The topological polar surface area (TPSA) is 82.3 Å². The van der Waals surface area contributed by atoms with Crippen LogP contribution in [0.2, 0.25) is 0 Å². The number of rotatable bonds is 5. The van der Waals surface area contributed by atoms with E-state index < -0.39 is 0 Å². The van der Waals surface area contributed by atoms with Crippen molar-refractivity contribution in [2.75, 3.05) is 63.2 Å². The first-order valence-corrected chi connectivity index (χ1v) is 12.9. The third-order valence-electron chi connectivity index (χ3n) is 8.21. The van der Waals surface area contributed by atoms with E-state index >= 15 is 0 Å². The Morgan fingerprint density at radius 2 is 1.67 bits per heavy atom. The molecule has 36 heavy (non-hydrogen) atoms. The van der Waals surface area contributed by atoms with Crippen LogP contribution < -0.4 is 14.5 Å². The highest BCUT2D eigenvalue weighted by atomic mass is 16.5. The van der Waals surface area contributed by atoms with Crippen LogP contribution in [0.3, 0.4) is 0 Å². The first-order valence-electron chi connectivity index (χ1n) is 12.9. The Labute approximate surface area is 211 Å². The number of nitrogens with zero attached hydrogens (tertiary/aromatic N) is 8. The van der Waals surface area contributed by atoms with Gasteiger partial charge in [0.15, 0.2) is 5.65 Å². The third kappa shape index (κ3) is 4.03. The lowest BCUT2D eigenvalue weighted by atomic mass is 9.89. The molecule has 0 bridgehead atoms. The molecule has 0 unspecified atom stereocenters. The van der Waals surface area contributed by atoms with Crippen LogP contribution in [-0.4, -0.2) is 101 Å². The molecule has 0 spiro atoms. The zero-order valence-electron chi connectivity index (χ0n) is 21.2. The largest absolute Gasteiger partial charge is 0.466 e. The van der Waals surface area contributed by atoms with Gasteiger partial charge in [0.2, 0.25) is 5.91 Å². The molecule has 0 N–H and O–H groups in total. The number of ether oxygens (including phenoxy) is 1. The Morgan fingerprint density at radius 3 is 2.39 bits per heavy atom. The number of likely N-dealkylation sites (N-methyl/N-ethyl adjacent to an activating group) is 1. The van der Waals surface area contributed by atoms with Crippen molar-refractivity contribution in [2.45, 2.75) is 37.8 Å². The normalized spacial score (nSPS) is 22.4. The SMILES string of the molecule is COc1nnc2ccc(N3CCC(c4ccc(N5CC(N6CCN(C)C(=O)[C@H]6C)C5)cc4)CC3)nn12. The lowest BCUT2D eigenvalue weighted by Crippen LogP contribution is -2.66. The molecule has 0 aliphatic carbocycles. The quantitative estimate of drug-likeness (QED) is 0.536. The van der Waals surface area contributed by atoms with E-state index in [0.717, 1.165) is 57.9 Å². The van der Waals surface area contributed by atoms with Crippen LogP contribution in [0.4, 0.5) is 11.5 Å². The Morgan fingerprint density at radius 1 is 0.917 bits per heavy atom. The van der Waals surface area contributed by atoms with Gasteiger partial charge in [0.25, 0.3) is 0 Å². The van der Waals surface area contributed by atoms with Crippen molar-refractivity contribution in [2.24, 2.45) is 0 Å². The molecule has 3 fully saturated rings. The molecule has 10 nitrogen and oxygen atoms in total. The molecule has 6 rings (SSSR count).